The van der Waals surface area contributed by atoms with Gasteiger partial charge in [0.15, 0.2) is 0 Å². The van der Waals surface area contributed by atoms with Crippen molar-refractivity contribution in [1.82, 2.24) is 14.1 Å². The molecule has 0 fully saturated rings. The number of ether oxygens (including phenoxy) is 1. The van der Waals surface area contributed by atoms with E-state index in [0.29, 0.717) is 22.7 Å². The van der Waals surface area contributed by atoms with Gasteiger partial charge in [0.25, 0.3) is 6.33 Å². The largest absolute Gasteiger partial charge is 0.510 e. The molecule has 11 aromatic rings. The maximum atomic E-state index is 8.74. The van der Waals surface area contributed by atoms with Crippen molar-refractivity contribution in [2.45, 2.75) is 92.3 Å². The molecule has 1 aliphatic heterocycles. The third-order valence-corrected chi connectivity index (χ3v) is 14.5. The minimum absolute atomic E-state index is 0. The van der Waals surface area contributed by atoms with Gasteiger partial charge in [0.05, 0.1) is 16.7 Å². The van der Waals surface area contributed by atoms with Crippen LogP contribution in [0.5, 0.6) is 11.5 Å². The van der Waals surface area contributed by atoms with Gasteiger partial charge in [-0.25, -0.2) is 4.98 Å². The van der Waals surface area contributed by atoms with Crippen LogP contribution < -0.4 is 9.30 Å². The first-order valence-electron chi connectivity index (χ1n) is 28.0. The van der Waals surface area contributed by atoms with Gasteiger partial charge in [-0.1, -0.05) is 165 Å². The van der Waals surface area contributed by atoms with E-state index in [1.54, 1.807) is 0 Å². The van der Waals surface area contributed by atoms with Gasteiger partial charge in [-0.2, -0.15) is 18.2 Å². The van der Waals surface area contributed by atoms with E-state index < -0.39 is 19.1 Å². The molecule has 74 heavy (non-hydrogen) atoms. The maximum Gasteiger partial charge on any atom is 0.268 e. The van der Waals surface area contributed by atoms with Crippen molar-refractivity contribution in [2.24, 2.45) is 0 Å². The normalized spacial score (nSPS) is 14.0. The average Bonchev–Trinajstić information content (AvgIpc) is 4.11. The third-order valence-electron chi connectivity index (χ3n) is 14.5. The van der Waals surface area contributed by atoms with Gasteiger partial charge in [0, 0.05) is 52.5 Å². The zero-order chi connectivity index (χ0) is 55.7. The Morgan fingerprint density at radius 3 is 1.85 bits per heavy atom. The van der Waals surface area contributed by atoms with Crippen LogP contribution in [-0.2, 0) is 37.3 Å². The van der Waals surface area contributed by atoms with Gasteiger partial charge in [-0.05, 0) is 144 Å². The molecule has 1 aliphatic rings. The predicted molar refractivity (Wildman–Crippen MR) is 301 cm³/mol. The molecule has 4 heterocycles. The monoisotopic (exact) mass is 1150 g/mol. The van der Waals surface area contributed by atoms with E-state index >= 15 is 0 Å². The summed E-state index contributed by atoms with van der Waals surface area (Å²) < 4.78 is 65.6. The molecule has 3 aromatic heterocycles. The summed E-state index contributed by atoms with van der Waals surface area (Å²) in [6.45, 7) is 14.5. The third kappa shape index (κ3) is 8.21. The van der Waals surface area contributed by atoms with E-state index in [1.807, 2.05) is 60.8 Å². The Morgan fingerprint density at radius 1 is 0.541 bits per heavy atom. The molecule has 12 rings (SSSR count). The van der Waals surface area contributed by atoms with Crippen LogP contribution in [0.2, 0.25) is 0 Å². The first-order valence-corrected chi connectivity index (χ1v) is 25.0. The second kappa shape index (κ2) is 18.0. The van der Waals surface area contributed by atoms with Crippen LogP contribution in [0, 0.1) is 32.2 Å². The van der Waals surface area contributed by atoms with Crippen LogP contribution in [-0.4, -0.2) is 14.1 Å². The topological polar surface area (TPSA) is 35.9 Å². The van der Waals surface area contributed by atoms with Crippen LogP contribution in [0.3, 0.4) is 0 Å². The fourth-order valence-electron chi connectivity index (χ4n) is 10.7. The van der Waals surface area contributed by atoms with E-state index in [-0.39, 0.29) is 48.6 Å². The fourth-order valence-corrected chi connectivity index (χ4v) is 10.7. The zero-order valence-electron chi connectivity index (χ0n) is 49.1. The number of rotatable bonds is 5. The van der Waals surface area contributed by atoms with Crippen molar-refractivity contribution in [3.05, 3.63) is 210 Å². The smallest absolute Gasteiger partial charge is 0.268 e. The van der Waals surface area contributed by atoms with E-state index in [2.05, 4.69) is 179 Å². The molecule has 5 nitrogen and oxygen atoms in total. The number of imidazole rings is 1. The minimum Gasteiger partial charge on any atom is -0.510 e. The van der Waals surface area contributed by atoms with E-state index in [0.717, 1.165) is 88.9 Å². The van der Waals surface area contributed by atoms with Crippen molar-refractivity contribution < 1.29 is 38.6 Å². The van der Waals surface area contributed by atoms with Gasteiger partial charge in [0.1, 0.15) is 5.82 Å². The quantitative estimate of drug-likeness (QED) is 0.127. The van der Waals surface area contributed by atoms with E-state index in [4.69, 9.17) is 17.9 Å². The fraction of sp³-hybridized carbons (Fsp3) is 0.206. The number of pyridine rings is 1. The van der Waals surface area contributed by atoms with Gasteiger partial charge >= 0.3 is 0 Å². The molecule has 0 saturated carbocycles. The zero-order valence-corrected chi connectivity index (χ0v) is 45.4. The maximum absolute atomic E-state index is 8.74. The van der Waals surface area contributed by atoms with E-state index in [9.17, 15) is 0 Å². The van der Waals surface area contributed by atoms with Crippen molar-refractivity contribution in [3.63, 3.8) is 0 Å². The molecule has 0 atom stereocenters. The standard InChI is InChI=1S/C68H60N4O.Pt/c1-42-20-18-21-43(2)63(42)44-34-56-52-26-14-12-24-50(52)51-25-13-15-27-53(51)57-36-46(67(6,7)8)37-61-65(57)71(64(56)58(35-44)68(9,10)11)41-70(61)47-22-19-23-48(39-47)73-49-30-31-55-54-28-16-17-29-59(54)72(60(55)40-49)62-38-45(32-33-69-62)66(3,4)5;/h12-38H,1-11H3;/q-2;/i1D3,2D3;. The molecule has 0 N–H and O–H groups in total. The number of nitrogens with zero attached hydrogens (tertiary/aromatic N) is 4. The van der Waals surface area contributed by atoms with E-state index in [1.165, 1.54) is 23.8 Å². The summed E-state index contributed by atoms with van der Waals surface area (Å²) in [7, 11) is 0. The summed E-state index contributed by atoms with van der Waals surface area (Å²) in [5, 5.41) is 2.12. The number of para-hydroxylation sites is 1. The Morgan fingerprint density at radius 2 is 1.18 bits per heavy atom. The number of aromatic nitrogens is 4. The van der Waals surface area contributed by atoms with Crippen molar-refractivity contribution in [2.75, 3.05) is 0 Å². The minimum atomic E-state index is -2.61. The van der Waals surface area contributed by atoms with Crippen LogP contribution in [0.25, 0.3) is 94.5 Å². The molecule has 0 bridgehead atoms. The van der Waals surface area contributed by atoms with Crippen molar-refractivity contribution in [3.8, 4) is 73.2 Å². The molecule has 0 unspecified atom stereocenters. The molecular formula is C68H60N4OPt-2. The van der Waals surface area contributed by atoms with Crippen LogP contribution in [0.15, 0.2) is 164 Å². The Balaban J connectivity index is 0.00000675. The summed E-state index contributed by atoms with van der Waals surface area (Å²) in [6.07, 6.45) is 5.78. The van der Waals surface area contributed by atoms with Crippen LogP contribution >= 0.6 is 0 Å². The summed E-state index contributed by atoms with van der Waals surface area (Å²) in [6, 6.07) is 59.8. The molecule has 370 valence electrons. The van der Waals surface area contributed by atoms with Crippen molar-refractivity contribution in [1.29, 1.82) is 0 Å². The van der Waals surface area contributed by atoms with Crippen LogP contribution in [0.1, 0.15) is 98.4 Å². The summed E-state index contributed by atoms with van der Waals surface area (Å²) in [4.78, 5) is 4.88. The Bertz CT molecular complexity index is 4240. The number of hydrogen-bond donors (Lipinski definition) is 0. The second-order valence-corrected chi connectivity index (χ2v) is 22.5. The summed E-state index contributed by atoms with van der Waals surface area (Å²) in [5.41, 5.74) is 13.8. The molecule has 0 radical (unpaired) electrons. The van der Waals surface area contributed by atoms with Gasteiger partial charge in [-0.15, -0.1) is 29.7 Å². The van der Waals surface area contributed by atoms with Crippen LogP contribution in [0.4, 0.5) is 0 Å². The SMILES string of the molecule is [2H]C([2H])([2H])c1cccc(C([2H])([2H])[2H])c1-c1cc2c(c(C(C)(C)C)c1)-[n+]1[c-]n(-c3[c-]c(Oc4[c-]c5c(cc4)c4ccccc4n5-c4cc(C(C)(C)C)ccn4)ccc3)c3cc(C(C)(C)C)cc(c31)-c1ccccc1-c1ccccc1-2.[Pt]. The average molecular weight is 1150 g/mol. The number of aryl methyl sites for hydroxylation is 2. The Hall–Kier alpha value is -7.33. The molecule has 0 spiro atoms. The first-order chi connectivity index (χ1) is 37.3. The van der Waals surface area contributed by atoms with Crippen molar-refractivity contribution >= 4 is 32.8 Å². The molecular weight excluding hydrogens is 1080 g/mol. The van der Waals surface area contributed by atoms with Gasteiger partial charge < -0.3 is 13.9 Å². The Labute approximate surface area is 458 Å². The molecule has 8 aromatic carbocycles. The molecule has 0 amide bonds. The summed E-state index contributed by atoms with van der Waals surface area (Å²) >= 11 is 0. The number of hydrogen-bond acceptors (Lipinski definition) is 2. The second-order valence-electron chi connectivity index (χ2n) is 22.5. The van der Waals surface area contributed by atoms with Gasteiger partial charge in [-0.3, -0.25) is 4.57 Å². The number of fused-ring (bicyclic) bond motifs is 10. The Kier molecular flexibility index (Phi) is 10.2. The molecule has 0 saturated heterocycles. The van der Waals surface area contributed by atoms with Gasteiger partial charge in [0.2, 0.25) is 0 Å². The molecule has 6 heteroatoms. The number of benzene rings is 8. The summed E-state index contributed by atoms with van der Waals surface area (Å²) in [5.74, 6) is 1.80. The molecule has 0 aliphatic carbocycles. The predicted octanol–water partition coefficient (Wildman–Crippen LogP) is 17.1. The first kappa shape index (κ1) is 42.1.